The summed E-state index contributed by atoms with van der Waals surface area (Å²) in [5, 5.41) is 1.32. The molecule has 4 nitrogen and oxygen atoms in total. The van der Waals surface area contributed by atoms with Crippen LogP contribution in [0.15, 0.2) is 126 Å². The molecule has 0 saturated heterocycles. The second-order valence-electron chi connectivity index (χ2n) is 14.2. The van der Waals surface area contributed by atoms with E-state index in [0.29, 0.717) is 27.6 Å². The van der Waals surface area contributed by atoms with Crippen molar-refractivity contribution in [2.45, 2.75) is 66.6 Å². The Morgan fingerprint density at radius 1 is 0.741 bits per heavy atom. The molecule has 4 heterocycles. The normalized spacial score (nSPS) is 13.9. The van der Waals surface area contributed by atoms with Crippen molar-refractivity contribution in [3.63, 3.8) is 0 Å². The molecule has 8 rings (SSSR count). The summed E-state index contributed by atoms with van der Waals surface area (Å²) in [5.74, 6) is 0. The van der Waals surface area contributed by atoms with Crippen LogP contribution in [0.25, 0.3) is 55.7 Å². The third-order valence-corrected chi connectivity index (χ3v) is 9.31. The Morgan fingerprint density at radius 3 is 2.26 bits per heavy atom. The largest absolute Gasteiger partial charge is 0.486 e. The first kappa shape index (κ1) is 30.1. The minimum absolute atomic E-state index is 0. The fraction of sp³-hybridized carbons (Fsp3) is 0.204. The van der Waals surface area contributed by atoms with Crippen LogP contribution in [0, 0.1) is 39.8 Å². The van der Waals surface area contributed by atoms with Crippen molar-refractivity contribution in [3.8, 4) is 33.6 Å². The summed E-state index contributed by atoms with van der Waals surface area (Å²) in [6.07, 6.45) is -1.37. The van der Waals surface area contributed by atoms with Crippen molar-refractivity contribution < 1.29 is 34.1 Å². The van der Waals surface area contributed by atoms with Crippen LogP contribution in [0.3, 0.4) is 0 Å². The summed E-state index contributed by atoms with van der Waals surface area (Å²) in [7, 11) is 0. The molecule has 0 saturated carbocycles. The molecule has 4 aromatic carbocycles. The van der Waals surface area contributed by atoms with Crippen molar-refractivity contribution in [2.24, 2.45) is 0 Å². The summed E-state index contributed by atoms with van der Waals surface area (Å²) in [6.45, 7) is 10.1. The fourth-order valence-corrected chi connectivity index (χ4v) is 6.07. The maximum atomic E-state index is 8.84. The van der Waals surface area contributed by atoms with Gasteiger partial charge in [0.15, 0.2) is 0 Å². The van der Waals surface area contributed by atoms with Crippen molar-refractivity contribution in [1.29, 1.82) is 0 Å². The third kappa shape index (κ3) is 8.60. The number of pyridine rings is 3. The van der Waals surface area contributed by atoms with E-state index in [-0.39, 0.29) is 48.1 Å². The summed E-state index contributed by atoms with van der Waals surface area (Å²) in [5.41, 5.74) is 10.7. The van der Waals surface area contributed by atoms with Crippen LogP contribution in [0.1, 0.15) is 69.4 Å². The van der Waals surface area contributed by atoms with Crippen LogP contribution < -0.4 is 0 Å². The number of fused-ring (bicyclic) bond motifs is 3. The summed E-state index contributed by atoms with van der Waals surface area (Å²) in [6, 6.07) is 39.8. The van der Waals surface area contributed by atoms with E-state index in [1.54, 1.807) is 30.3 Å². The summed E-state index contributed by atoms with van der Waals surface area (Å²) >= 11 is 0. The number of benzene rings is 4. The molecule has 1 radical (unpaired) electrons. The quantitative estimate of drug-likeness (QED) is 0.156. The van der Waals surface area contributed by atoms with Gasteiger partial charge in [0.2, 0.25) is 5.71 Å². The molecular weight excluding hydrogens is 839 g/mol. The molecule has 0 aliphatic rings. The molecule has 0 fully saturated rings. The first-order valence-corrected chi connectivity index (χ1v) is 17.6. The van der Waals surface area contributed by atoms with Crippen molar-refractivity contribution in [3.05, 3.63) is 173 Å². The maximum absolute atomic E-state index is 8.84. The Bertz CT molecular complexity index is 2830. The Morgan fingerprint density at radius 2 is 1.52 bits per heavy atom. The third-order valence-electron chi connectivity index (χ3n) is 9.31. The standard InChI is InChI=1S/C29H27N2O.C20H18N.Ir/c1-19-8-15-24-23-6-5-7-25(27(23)32-28(24)31-19)26-18-21(16-17-30-26)10-9-20-11-13-22(14-12-20)29(2,3)4;1-14-9-10-18(20-11-15(2)16(3)13-21-20)12-19(14)17-7-5-4-6-8-17;/h5-6,8,11-18H,9-10H2,1-4H3;4-9,11-13H,1-3H3;/q2*-1;/i1D3,9D2,10D2;;. The molecule has 0 aliphatic carbocycles. The van der Waals surface area contributed by atoms with Crippen molar-refractivity contribution >= 4 is 22.1 Å². The van der Waals surface area contributed by atoms with Crippen LogP contribution in [0.5, 0.6) is 0 Å². The van der Waals surface area contributed by atoms with Gasteiger partial charge >= 0.3 is 0 Å². The molecule has 0 aliphatic heterocycles. The Kier molecular flexibility index (Phi) is 9.17. The van der Waals surface area contributed by atoms with Gasteiger partial charge in [-0.25, -0.2) is 4.98 Å². The average molecular weight is 891 g/mol. The molecule has 0 bridgehead atoms. The second-order valence-corrected chi connectivity index (χ2v) is 14.2. The van der Waals surface area contributed by atoms with E-state index < -0.39 is 19.6 Å². The van der Waals surface area contributed by atoms with Crippen LogP contribution in [-0.2, 0) is 38.3 Å². The first-order valence-electron chi connectivity index (χ1n) is 21.1. The number of nitrogens with zero attached hydrogens (tertiary/aromatic N) is 3. The summed E-state index contributed by atoms with van der Waals surface area (Å²) < 4.78 is 64.1. The van der Waals surface area contributed by atoms with Gasteiger partial charge in [-0.2, -0.15) is 0 Å². The molecule has 4 aromatic heterocycles. The maximum Gasteiger partial charge on any atom is 0.216 e. The minimum atomic E-state index is -2.40. The minimum Gasteiger partial charge on any atom is -0.486 e. The Balaban J connectivity index is 0.000000238. The van der Waals surface area contributed by atoms with Gasteiger partial charge in [0, 0.05) is 53.2 Å². The first-order chi connectivity index (χ1) is 28.3. The zero-order chi connectivity index (χ0) is 43.2. The molecule has 54 heavy (non-hydrogen) atoms. The van der Waals surface area contributed by atoms with Gasteiger partial charge in [-0.1, -0.05) is 122 Å². The van der Waals surface area contributed by atoms with Gasteiger partial charge in [0.05, 0.1) is 5.58 Å². The van der Waals surface area contributed by atoms with Crippen molar-refractivity contribution in [2.75, 3.05) is 0 Å². The Labute approximate surface area is 343 Å². The monoisotopic (exact) mass is 891 g/mol. The molecule has 5 heteroatoms. The van der Waals surface area contributed by atoms with Gasteiger partial charge in [0.25, 0.3) is 0 Å². The fourth-order valence-electron chi connectivity index (χ4n) is 6.07. The number of rotatable bonds is 6. The molecule has 0 unspecified atom stereocenters. The second kappa shape index (κ2) is 16.4. The zero-order valence-electron chi connectivity index (χ0n) is 38.1. The van der Waals surface area contributed by atoms with E-state index in [1.807, 2.05) is 24.4 Å². The molecule has 0 atom stereocenters. The van der Waals surface area contributed by atoms with Gasteiger partial charge < -0.3 is 14.4 Å². The van der Waals surface area contributed by atoms with Crippen LogP contribution in [0.4, 0.5) is 0 Å². The number of aryl methyl sites for hydroxylation is 6. The van der Waals surface area contributed by atoms with E-state index in [4.69, 9.17) is 14.0 Å². The number of aromatic nitrogens is 3. The van der Waals surface area contributed by atoms with Crippen molar-refractivity contribution in [1.82, 2.24) is 15.0 Å². The van der Waals surface area contributed by atoms with E-state index in [9.17, 15) is 0 Å². The molecule has 0 amide bonds. The predicted molar refractivity (Wildman–Crippen MR) is 219 cm³/mol. The summed E-state index contributed by atoms with van der Waals surface area (Å²) in [4.78, 5) is 13.1. The van der Waals surface area contributed by atoms with E-state index in [0.717, 1.165) is 16.8 Å². The van der Waals surface area contributed by atoms with Gasteiger partial charge in [0.1, 0.15) is 0 Å². The van der Waals surface area contributed by atoms with Gasteiger partial charge in [-0.05, 0) is 90.7 Å². The molecule has 8 aromatic rings. The van der Waals surface area contributed by atoms with E-state index in [2.05, 4.69) is 111 Å². The topological polar surface area (TPSA) is 51.8 Å². The van der Waals surface area contributed by atoms with Crippen LogP contribution in [0.2, 0.25) is 0 Å². The van der Waals surface area contributed by atoms with Crippen LogP contribution in [-0.4, -0.2) is 15.0 Å². The number of hydrogen-bond acceptors (Lipinski definition) is 4. The number of hydrogen-bond donors (Lipinski definition) is 0. The molecule has 0 spiro atoms. The van der Waals surface area contributed by atoms with Gasteiger partial charge in [-0.3, -0.25) is 0 Å². The zero-order valence-corrected chi connectivity index (χ0v) is 33.5. The van der Waals surface area contributed by atoms with Crippen LogP contribution >= 0.6 is 0 Å². The molecule has 273 valence electrons. The van der Waals surface area contributed by atoms with Gasteiger partial charge in [-0.15, -0.1) is 47.5 Å². The molecular formula is C49H45IrN3O-2. The number of furan rings is 1. The predicted octanol–water partition coefficient (Wildman–Crippen LogP) is 12.4. The Hall–Kier alpha value is -5.22. The smallest absolute Gasteiger partial charge is 0.216 e. The van der Waals surface area contributed by atoms with E-state index >= 15 is 0 Å². The molecule has 0 N–H and O–H groups in total. The SMILES string of the molecule is Cc1cnc(-c2[c-]cc(C)c(-c3ccccc3)c2)cc1C.[2H]C([2H])([2H])c1ccc2c(n1)oc1c(-c3cc(C([2H])([2H])C([2H])([2H])c4ccc(C(C)(C)C)cc4)ccn3)[c-]ccc12.[Ir]. The van der Waals surface area contributed by atoms with E-state index in [1.165, 1.54) is 52.2 Å². The average Bonchev–Trinajstić information content (AvgIpc) is 3.60.